The molecular weight excluding hydrogens is 263 g/mol. The van der Waals surface area contributed by atoms with Crippen molar-refractivity contribution in [2.75, 3.05) is 0 Å². The summed E-state index contributed by atoms with van der Waals surface area (Å²) in [6.07, 6.45) is 2.91. The Hall–Kier alpha value is -2.50. The maximum Gasteiger partial charge on any atom is 0.316 e. The van der Waals surface area contributed by atoms with Crippen molar-refractivity contribution in [2.45, 2.75) is 13.0 Å². The van der Waals surface area contributed by atoms with Crippen molar-refractivity contribution in [3.63, 3.8) is 0 Å². The molecule has 0 atom stereocenters. The topological polar surface area (TPSA) is 61.1 Å². The van der Waals surface area contributed by atoms with Crippen LogP contribution in [0.2, 0.25) is 0 Å². The fourth-order valence-corrected chi connectivity index (χ4v) is 1.79. The standard InChI is InChI=1S/C14H13FN2O3/c1-16-6-7-17(14(20)13(16)19)9-12(18)8-10-2-4-11(15)5-3-10/h2-7H,8-9H2,1H3. The summed E-state index contributed by atoms with van der Waals surface area (Å²) < 4.78 is 15.0. The summed E-state index contributed by atoms with van der Waals surface area (Å²) in [6, 6.07) is 5.57. The molecule has 0 aliphatic heterocycles. The van der Waals surface area contributed by atoms with Gasteiger partial charge >= 0.3 is 11.1 Å². The quantitative estimate of drug-likeness (QED) is 0.764. The number of halogens is 1. The molecular formula is C14H13FN2O3. The van der Waals surface area contributed by atoms with Gasteiger partial charge in [-0.2, -0.15) is 0 Å². The molecule has 1 heterocycles. The van der Waals surface area contributed by atoms with Gasteiger partial charge in [0.15, 0.2) is 5.78 Å². The van der Waals surface area contributed by atoms with Crippen molar-refractivity contribution >= 4 is 5.78 Å². The van der Waals surface area contributed by atoms with Gasteiger partial charge in [0.2, 0.25) is 0 Å². The largest absolute Gasteiger partial charge is 0.316 e. The van der Waals surface area contributed by atoms with Crippen LogP contribution in [0, 0.1) is 5.82 Å². The van der Waals surface area contributed by atoms with Gasteiger partial charge in [0.25, 0.3) is 0 Å². The van der Waals surface area contributed by atoms with Gasteiger partial charge in [-0.05, 0) is 17.7 Å². The van der Waals surface area contributed by atoms with Gasteiger partial charge in [-0.25, -0.2) is 4.39 Å². The fourth-order valence-electron chi connectivity index (χ4n) is 1.79. The smallest absolute Gasteiger partial charge is 0.312 e. The van der Waals surface area contributed by atoms with Crippen molar-refractivity contribution in [3.05, 3.63) is 68.7 Å². The lowest BCUT2D eigenvalue weighted by Crippen LogP contribution is -2.40. The van der Waals surface area contributed by atoms with E-state index in [2.05, 4.69) is 0 Å². The molecule has 0 saturated heterocycles. The van der Waals surface area contributed by atoms with Gasteiger partial charge in [-0.15, -0.1) is 0 Å². The second-order valence-electron chi connectivity index (χ2n) is 4.49. The molecule has 0 fully saturated rings. The Balaban J connectivity index is 2.13. The summed E-state index contributed by atoms with van der Waals surface area (Å²) in [5.41, 5.74) is -0.752. The van der Waals surface area contributed by atoms with E-state index in [1.54, 1.807) is 0 Å². The van der Waals surface area contributed by atoms with Crippen LogP contribution in [0.3, 0.4) is 0 Å². The summed E-state index contributed by atoms with van der Waals surface area (Å²) >= 11 is 0. The number of rotatable bonds is 4. The third kappa shape index (κ3) is 3.09. The predicted octanol–water partition coefficient (Wildman–Crippen LogP) is 0.498. The number of nitrogens with zero attached hydrogens (tertiary/aromatic N) is 2. The number of aromatic nitrogens is 2. The average Bonchev–Trinajstić information content (AvgIpc) is 2.42. The van der Waals surface area contributed by atoms with E-state index in [0.717, 1.165) is 9.13 Å². The molecule has 1 aromatic heterocycles. The van der Waals surface area contributed by atoms with Gasteiger partial charge in [-0.3, -0.25) is 14.4 Å². The fraction of sp³-hybridized carbons (Fsp3) is 0.214. The van der Waals surface area contributed by atoms with E-state index in [-0.39, 0.29) is 24.6 Å². The van der Waals surface area contributed by atoms with Gasteiger partial charge in [0, 0.05) is 25.9 Å². The summed E-state index contributed by atoms with van der Waals surface area (Å²) in [6.45, 7) is -0.174. The van der Waals surface area contributed by atoms with E-state index in [4.69, 9.17) is 0 Å². The van der Waals surface area contributed by atoms with Crippen LogP contribution in [0.5, 0.6) is 0 Å². The molecule has 0 radical (unpaired) electrons. The summed E-state index contributed by atoms with van der Waals surface area (Å²) in [7, 11) is 1.47. The monoisotopic (exact) mass is 276 g/mol. The Kier molecular flexibility index (Phi) is 3.93. The third-order valence-electron chi connectivity index (χ3n) is 2.90. The van der Waals surface area contributed by atoms with Crippen molar-refractivity contribution in [2.24, 2.45) is 7.05 Å². The number of hydrogen-bond acceptors (Lipinski definition) is 3. The molecule has 0 N–H and O–H groups in total. The zero-order valence-electron chi connectivity index (χ0n) is 10.9. The summed E-state index contributed by atoms with van der Waals surface area (Å²) in [5, 5.41) is 0. The van der Waals surface area contributed by atoms with Crippen LogP contribution >= 0.6 is 0 Å². The zero-order valence-corrected chi connectivity index (χ0v) is 10.9. The molecule has 0 aliphatic rings. The Bertz CT molecular complexity index is 744. The highest BCUT2D eigenvalue weighted by molar-refractivity contribution is 5.80. The molecule has 0 amide bonds. The Morgan fingerprint density at radius 2 is 1.75 bits per heavy atom. The van der Waals surface area contributed by atoms with E-state index >= 15 is 0 Å². The first-order valence-corrected chi connectivity index (χ1v) is 5.99. The highest BCUT2D eigenvalue weighted by Gasteiger charge is 2.08. The lowest BCUT2D eigenvalue weighted by atomic mass is 10.1. The van der Waals surface area contributed by atoms with Gasteiger partial charge in [0.05, 0.1) is 6.54 Å². The molecule has 6 heteroatoms. The summed E-state index contributed by atoms with van der Waals surface area (Å²) in [4.78, 5) is 34.9. The van der Waals surface area contributed by atoms with Crippen LogP contribution in [0.1, 0.15) is 5.56 Å². The second-order valence-corrected chi connectivity index (χ2v) is 4.49. The number of carbonyl (C=O) groups is 1. The maximum atomic E-state index is 12.7. The molecule has 0 aliphatic carbocycles. The van der Waals surface area contributed by atoms with Crippen molar-refractivity contribution in [3.8, 4) is 0 Å². The minimum absolute atomic E-state index is 0.0852. The van der Waals surface area contributed by atoms with Gasteiger partial charge in [0.1, 0.15) is 5.82 Å². The van der Waals surface area contributed by atoms with Crippen LogP contribution in [0.15, 0.2) is 46.2 Å². The van der Waals surface area contributed by atoms with Crippen LogP contribution in [-0.4, -0.2) is 14.9 Å². The molecule has 2 rings (SSSR count). The van der Waals surface area contributed by atoms with E-state index in [1.807, 2.05) is 0 Å². The first kappa shape index (κ1) is 13.9. The Labute approximate surface area is 113 Å². The molecule has 1 aromatic carbocycles. The average molecular weight is 276 g/mol. The van der Waals surface area contributed by atoms with Gasteiger partial charge in [-0.1, -0.05) is 12.1 Å². The normalized spacial score (nSPS) is 10.5. The molecule has 20 heavy (non-hydrogen) atoms. The lowest BCUT2D eigenvalue weighted by molar-refractivity contribution is -0.119. The SMILES string of the molecule is Cn1ccn(CC(=O)Cc2ccc(F)cc2)c(=O)c1=O. The number of aryl methyl sites for hydroxylation is 1. The number of ketones is 1. The number of hydrogen-bond donors (Lipinski definition) is 0. The molecule has 0 unspecified atom stereocenters. The molecule has 0 bridgehead atoms. The Morgan fingerprint density at radius 3 is 2.40 bits per heavy atom. The van der Waals surface area contributed by atoms with Crippen molar-refractivity contribution < 1.29 is 9.18 Å². The third-order valence-corrected chi connectivity index (χ3v) is 2.90. The lowest BCUT2D eigenvalue weighted by Gasteiger charge is -2.05. The first-order valence-electron chi connectivity index (χ1n) is 5.99. The second kappa shape index (κ2) is 5.64. The highest BCUT2D eigenvalue weighted by Crippen LogP contribution is 2.04. The molecule has 2 aromatic rings. The van der Waals surface area contributed by atoms with E-state index in [1.165, 1.54) is 43.7 Å². The maximum absolute atomic E-state index is 12.7. The molecule has 0 spiro atoms. The van der Waals surface area contributed by atoms with Crippen LogP contribution < -0.4 is 11.1 Å². The molecule has 104 valence electrons. The number of carbonyl (C=O) groups excluding carboxylic acids is 1. The van der Waals surface area contributed by atoms with Crippen LogP contribution in [-0.2, 0) is 24.8 Å². The first-order chi connectivity index (χ1) is 9.47. The predicted molar refractivity (Wildman–Crippen MR) is 71.1 cm³/mol. The van der Waals surface area contributed by atoms with Crippen molar-refractivity contribution in [1.82, 2.24) is 9.13 Å². The Morgan fingerprint density at radius 1 is 1.10 bits per heavy atom. The van der Waals surface area contributed by atoms with Crippen LogP contribution in [0.4, 0.5) is 4.39 Å². The van der Waals surface area contributed by atoms with Crippen LogP contribution in [0.25, 0.3) is 0 Å². The minimum Gasteiger partial charge on any atom is -0.312 e. The number of Topliss-reactive ketones (excluding diaryl/α,β-unsaturated/α-hetero) is 1. The number of benzene rings is 1. The van der Waals surface area contributed by atoms with Crippen molar-refractivity contribution in [1.29, 1.82) is 0 Å². The molecule has 0 saturated carbocycles. The van der Waals surface area contributed by atoms with E-state index in [9.17, 15) is 18.8 Å². The van der Waals surface area contributed by atoms with Gasteiger partial charge < -0.3 is 9.13 Å². The van der Waals surface area contributed by atoms with E-state index in [0.29, 0.717) is 5.56 Å². The molecule has 5 nitrogen and oxygen atoms in total. The zero-order chi connectivity index (χ0) is 14.7. The highest BCUT2D eigenvalue weighted by atomic mass is 19.1. The minimum atomic E-state index is -0.734. The van der Waals surface area contributed by atoms with E-state index < -0.39 is 11.1 Å². The summed E-state index contributed by atoms with van der Waals surface area (Å²) in [5.74, 6) is -0.601.